The smallest absolute Gasteiger partial charge is 0.121 e. The molecule has 0 amide bonds. The minimum atomic E-state index is -0.479. The van der Waals surface area contributed by atoms with Crippen molar-refractivity contribution in [3.8, 4) is 23.0 Å². The van der Waals surface area contributed by atoms with Crippen LogP contribution in [0.4, 0.5) is 0 Å². The van der Waals surface area contributed by atoms with E-state index in [-0.39, 0.29) is 11.3 Å². The van der Waals surface area contributed by atoms with Crippen molar-refractivity contribution >= 4 is 0 Å². The van der Waals surface area contributed by atoms with Gasteiger partial charge in [0.05, 0.1) is 0 Å². The van der Waals surface area contributed by atoms with E-state index in [1.165, 1.54) is 11.1 Å². The van der Waals surface area contributed by atoms with Crippen LogP contribution in [0.3, 0.4) is 0 Å². The van der Waals surface area contributed by atoms with Crippen LogP contribution in [-0.2, 0) is 10.8 Å². The van der Waals surface area contributed by atoms with E-state index in [1.54, 1.807) is 0 Å². The summed E-state index contributed by atoms with van der Waals surface area (Å²) in [4.78, 5) is 0. The normalized spacial score (nSPS) is 12.9. The maximum absolute atomic E-state index is 10.7. The molecular weight excluding hydrogens is 544 g/mol. The van der Waals surface area contributed by atoms with Crippen molar-refractivity contribution in [2.24, 2.45) is 0 Å². The molecule has 0 fully saturated rings. The summed E-state index contributed by atoms with van der Waals surface area (Å²) in [6, 6.07) is 16.8. The van der Waals surface area contributed by atoms with Gasteiger partial charge in [0.1, 0.15) is 23.0 Å². The highest BCUT2D eigenvalue weighted by Crippen LogP contribution is 2.48. The third-order valence-electron chi connectivity index (χ3n) is 9.93. The van der Waals surface area contributed by atoms with Crippen LogP contribution in [-0.4, -0.2) is 20.4 Å². The Morgan fingerprint density at radius 1 is 0.432 bits per heavy atom. The van der Waals surface area contributed by atoms with E-state index >= 15 is 0 Å². The van der Waals surface area contributed by atoms with Gasteiger partial charge in [0.15, 0.2) is 0 Å². The molecule has 1 unspecified atom stereocenters. The topological polar surface area (TPSA) is 80.9 Å². The fraction of sp³-hybridized carbons (Fsp3) is 0.400. The van der Waals surface area contributed by atoms with E-state index < -0.39 is 5.41 Å². The number of phenolic OH excluding ortho intramolecular Hbond substituents is 4. The van der Waals surface area contributed by atoms with E-state index in [0.29, 0.717) is 23.0 Å². The Bertz CT molecular complexity index is 1580. The third kappa shape index (κ3) is 6.18. The summed E-state index contributed by atoms with van der Waals surface area (Å²) in [5, 5.41) is 42.6. The van der Waals surface area contributed by atoms with Gasteiger partial charge in [0.2, 0.25) is 0 Å². The van der Waals surface area contributed by atoms with Crippen LogP contribution in [0.15, 0.2) is 48.5 Å². The monoisotopic (exact) mass is 594 g/mol. The highest BCUT2D eigenvalue weighted by atomic mass is 16.3. The average Bonchev–Trinajstić information content (AvgIpc) is 2.94. The quantitative estimate of drug-likeness (QED) is 0.164. The van der Waals surface area contributed by atoms with Crippen molar-refractivity contribution in [2.45, 2.75) is 106 Å². The summed E-state index contributed by atoms with van der Waals surface area (Å²) < 4.78 is 0. The Labute approximate surface area is 264 Å². The molecule has 0 saturated heterocycles. The Morgan fingerprint density at radius 3 is 1.02 bits per heavy atom. The maximum Gasteiger partial charge on any atom is 0.121 e. The third-order valence-corrected chi connectivity index (χ3v) is 9.93. The van der Waals surface area contributed by atoms with Crippen molar-refractivity contribution in [1.82, 2.24) is 0 Å². The molecule has 1 atom stereocenters. The minimum absolute atomic E-state index is 0.0752. The zero-order valence-corrected chi connectivity index (χ0v) is 28.4. The molecule has 0 bridgehead atoms. The van der Waals surface area contributed by atoms with E-state index in [0.717, 1.165) is 68.5 Å². The summed E-state index contributed by atoms with van der Waals surface area (Å²) in [6.07, 6.45) is 1.57. The SMILES string of the molecule is Cc1cc(C(CC(C)(C)c2cc(C)c(O)c(C)c2)CC(C)(c2cc(C)c(O)c(C)c2)c2cc(C)c(O)c(C)c2)cc(C)c1O. The Kier molecular flexibility index (Phi) is 8.90. The number of rotatable bonds is 8. The molecule has 0 aromatic heterocycles. The number of phenols is 4. The van der Waals surface area contributed by atoms with Crippen LogP contribution < -0.4 is 0 Å². The van der Waals surface area contributed by atoms with Gasteiger partial charge >= 0.3 is 0 Å². The number of hydrogen-bond donors (Lipinski definition) is 4. The highest BCUT2D eigenvalue weighted by molar-refractivity contribution is 5.53. The lowest BCUT2D eigenvalue weighted by Gasteiger charge is -2.39. The van der Waals surface area contributed by atoms with Gasteiger partial charge in [0.25, 0.3) is 0 Å². The Hall–Kier alpha value is -3.92. The van der Waals surface area contributed by atoms with Crippen molar-refractivity contribution in [2.75, 3.05) is 0 Å². The summed E-state index contributed by atoms with van der Waals surface area (Å²) >= 11 is 0. The maximum atomic E-state index is 10.7. The molecule has 0 saturated carbocycles. The molecule has 0 aliphatic heterocycles. The first-order chi connectivity index (χ1) is 20.3. The number of benzene rings is 4. The first-order valence-electron chi connectivity index (χ1n) is 15.6. The van der Waals surface area contributed by atoms with Gasteiger partial charge in [-0.05, 0) is 146 Å². The van der Waals surface area contributed by atoms with Crippen LogP contribution >= 0.6 is 0 Å². The number of aryl methyl sites for hydroxylation is 8. The molecule has 4 aromatic rings. The van der Waals surface area contributed by atoms with Crippen molar-refractivity contribution in [3.05, 3.63) is 115 Å². The van der Waals surface area contributed by atoms with Gasteiger partial charge in [-0.1, -0.05) is 69.3 Å². The predicted octanol–water partition coefficient (Wildman–Crippen LogP) is 9.82. The molecule has 4 aromatic carbocycles. The minimum Gasteiger partial charge on any atom is -0.507 e. The van der Waals surface area contributed by atoms with Crippen LogP contribution in [0.5, 0.6) is 23.0 Å². The van der Waals surface area contributed by atoms with E-state index in [1.807, 2.05) is 55.4 Å². The molecule has 0 heterocycles. The molecule has 0 aliphatic carbocycles. The summed E-state index contributed by atoms with van der Waals surface area (Å²) in [6.45, 7) is 22.4. The molecule has 0 aliphatic rings. The lowest BCUT2D eigenvalue weighted by atomic mass is 9.64. The lowest BCUT2D eigenvalue weighted by molar-refractivity contribution is 0.361. The van der Waals surface area contributed by atoms with E-state index in [2.05, 4.69) is 69.3 Å². The largest absolute Gasteiger partial charge is 0.507 e. The summed E-state index contributed by atoms with van der Waals surface area (Å²) in [5.74, 6) is 1.37. The average molecular weight is 595 g/mol. The summed E-state index contributed by atoms with van der Waals surface area (Å²) in [7, 11) is 0. The molecule has 4 nitrogen and oxygen atoms in total. The number of aromatic hydroxyl groups is 4. The molecule has 234 valence electrons. The lowest BCUT2D eigenvalue weighted by Crippen LogP contribution is -2.30. The zero-order valence-electron chi connectivity index (χ0n) is 28.4. The molecule has 0 radical (unpaired) electrons. The van der Waals surface area contributed by atoms with Crippen LogP contribution in [0.2, 0.25) is 0 Å². The Morgan fingerprint density at radius 2 is 0.705 bits per heavy atom. The van der Waals surface area contributed by atoms with E-state index in [4.69, 9.17) is 0 Å². The first-order valence-corrected chi connectivity index (χ1v) is 15.6. The fourth-order valence-electron chi connectivity index (χ4n) is 7.06. The van der Waals surface area contributed by atoms with Gasteiger partial charge < -0.3 is 20.4 Å². The van der Waals surface area contributed by atoms with Crippen LogP contribution in [0.25, 0.3) is 0 Å². The second-order valence-corrected chi connectivity index (χ2v) is 14.2. The number of hydrogen-bond acceptors (Lipinski definition) is 4. The molecule has 0 spiro atoms. The van der Waals surface area contributed by atoms with Gasteiger partial charge in [0, 0.05) is 5.41 Å². The molecule has 4 heteroatoms. The van der Waals surface area contributed by atoms with Crippen molar-refractivity contribution in [3.63, 3.8) is 0 Å². The van der Waals surface area contributed by atoms with Crippen molar-refractivity contribution < 1.29 is 20.4 Å². The standard InChI is InChI=1S/C40H50O4/c1-22-12-30(13-23(2)35(22)41)31(20-39(9,10)32-14-24(3)36(42)25(4)15-32)21-40(11,33-16-26(5)37(43)27(6)17-33)34-18-28(7)38(44)29(8)19-34/h12-19,31,41-44H,20-21H2,1-11H3. The molecular formula is C40H50O4. The second-order valence-electron chi connectivity index (χ2n) is 14.2. The Balaban J connectivity index is 1.97. The molecule has 44 heavy (non-hydrogen) atoms. The predicted molar refractivity (Wildman–Crippen MR) is 182 cm³/mol. The van der Waals surface area contributed by atoms with Crippen molar-refractivity contribution in [1.29, 1.82) is 0 Å². The zero-order chi connectivity index (χ0) is 32.9. The summed E-state index contributed by atoms with van der Waals surface area (Å²) in [5.41, 5.74) is 10.6. The van der Waals surface area contributed by atoms with Crippen LogP contribution in [0, 0.1) is 55.4 Å². The van der Waals surface area contributed by atoms with E-state index in [9.17, 15) is 20.4 Å². The van der Waals surface area contributed by atoms with Gasteiger partial charge in [-0.15, -0.1) is 0 Å². The fourth-order valence-corrected chi connectivity index (χ4v) is 7.06. The van der Waals surface area contributed by atoms with Crippen LogP contribution in [0.1, 0.15) is 106 Å². The van der Waals surface area contributed by atoms with Gasteiger partial charge in [-0.2, -0.15) is 0 Å². The second kappa shape index (κ2) is 11.9. The highest BCUT2D eigenvalue weighted by Gasteiger charge is 2.37. The van der Waals surface area contributed by atoms with Gasteiger partial charge in [-0.3, -0.25) is 0 Å². The van der Waals surface area contributed by atoms with Gasteiger partial charge in [-0.25, -0.2) is 0 Å². The molecule has 4 rings (SSSR count). The molecule has 4 N–H and O–H groups in total. The first kappa shape index (κ1) is 33.0.